The van der Waals surface area contributed by atoms with Crippen molar-refractivity contribution in [1.29, 1.82) is 0 Å². The summed E-state index contributed by atoms with van der Waals surface area (Å²) >= 11 is 14.3. The first kappa shape index (κ1) is 24.6. The summed E-state index contributed by atoms with van der Waals surface area (Å²) in [6, 6.07) is 5.14. The highest BCUT2D eigenvalue weighted by Crippen LogP contribution is 2.44. The van der Waals surface area contributed by atoms with Gasteiger partial charge in [0.15, 0.2) is 0 Å². The molecular formula is C21H26Cl2N2O4S. The zero-order chi connectivity index (χ0) is 22.3. The molecule has 1 aliphatic heterocycles. The number of allylic oxidation sites excluding steroid dienone is 1. The van der Waals surface area contributed by atoms with Crippen LogP contribution in [0.4, 0.5) is 0 Å². The summed E-state index contributed by atoms with van der Waals surface area (Å²) in [5, 5.41) is 3.81. The Balaban J connectivity index is 2.72. The van der Waals surface area contributed by atoms with Crippen LogP contribution in [-0.2, 0) is 19.1 Å². The van der Waals surface area contributed by atoms with E-state index in [1.165, 1.54) is 0 Å². The zero-order valence-electron chi connectivity index (χ0n) is 17.2. The fourth-order valence-electron chi connectivity index (χ4n) is 3.25. The third kappa shape index (κ3) is 5.52. The highest BCUT2D eigenvalue weighted by Gasteiger charge is 2.40. The van der Waals surface area contributed by atoms with E-state index in [0.717, 1.165) is 5.75 Å². The van der Waals surface area contributed by atoms with Crippen LogP contribution >= 0.6 is 35.0 Å². The fraction of sp³-hybridized carbons (Fsp3) is 0.429. The maximum atomic E-state index is 13.0. The lowest BCUT2D eigenvalue weighted by Gasteiger charge is -2.32. The Kier molecular flexibility index (Phi) is 9.55. The summed E-state index contributed by atoms with van der Waals surface area (Å²) in [5.41, 5.74) is 8.01. The fourth-order valence-corrected chi connectivity index (χ4v) is 4.41. The number of nitrogens with two attached hydrogens (primary N) is 1. The third-order valence-electron chi connectivity index (χ3n) is 4.44. The first-order valence-corrected chi connectivity index (χ1v) is 11.5. The molecule has 0 radical (unpaired) electrons. The normalized spacial score (nSPS) is 16.4. The molecule has 6 nitrogen and oxygen atoms in total. The standard InChI is InChI=1S/C21H26Cl2N2O4S/c1-4-28-20(26)16-12(3)25-15(11-30-10-9-24)18(21(27)29-5-2)17(16)13-7-6-8-14(22)19(13)23/h6-8,17,25H,4-5,9-11,24H2,1-3H3. The van der Waals surface area contributed by atoms with Crippen molar-refractivity contribution in [3.05, 3.63) is 56.3 Å². The van der Waals surface area contributed by atoms with Crippen molar-refractivity contribution in [3.8, 4) is 0 Å². The zero-order valence-corrected chi connectivity index (χ0v) is 19.5. The molecule has 0 saturated heterocycles. The Labute approximate surface area is 191 Å². The number of rotatable bonds is 9. The number of benzene rings is 1. The summed E-state index contributed by atoms with van der Waals surface area (Å²) in [5.74, 6) is -0.614. The molecule has 3 N–H and O–H groups in total. The van der Waals surface area contributed by atoms with E-state index in [4.69, 9.17) is 38.4 Å². The predicted octanol–water partition coefficient (Wildman–Crippen LogP) is 4.03. The molecule has 0 amide bonds. The molecule has 1 unspecified atom stereocenters. The first-order chi connectivity index (χ1) is 14.4. The van der Waals surface area contributed by atoms with Gasteiger partial charge in [0.05, 0.1) is 40.3 Å². The van der Waals surface area contributed by atoms with Gasteiger partial charge >= 0.3 is 11.9 Å². The van der Waals surface area contributed by atoms with Crippen LogP contribution in [0.5, 0.6) is 0 Å². The van der Waals surface area contributed by atoms with Crippen LogP contribution in [-0.4, -0.2) is 43.2 Å². The van der Waals surface area contributed by atoms with Crippen LogP contribution in [0.25, 0.3) is 0 Å². The monoisotopic (exact) mass is 472 g/mol. The molecule has 0 saturated carbocycles. The Morgan fingerprint density at radius 1 is 1.13 bits per heavy atom. The summed E-state index contributed by atoms with van der Waals surface area (Å²) in [7, 11) is 0. The highest BCUT2D eigenvalue weighted by atomic mass is 35.5. The molecule has 1 heterocycles. The topological polar surface area (TPSA) is 90.6 Å². The van der Waals surface area contributed by atoms with Crippen molar-refractivity contribution in [2.24, 2.45) is 5.73 Å². The third-order valence-corrected chi connectivity index (χ3v) is 6.29. The molecule has 0 spiro atoms. The SMILES string of the molecule is CCOC(=O)C1=C(C)NC(CSCCN)=C(C(=O)OCC)C1c1cccc(Cl)c1Cl. The molecule has 9 heteroatoms. The van der Waals surface area contributed by atoms with E-state index in [-0.39, 0.29) is 18.2 Å². The number of hydrogen-bond donors (Lipinski definition) is 2. The van der Waals surface area contributed by atoms with Crippen LogP contribution in [0.1, 0.15) is 32.3 Å². The van der Waals surface area contributed by atoms with Crippen molar-refractivity contribution in [2.45, 2.75) is 26.7 Å². The minimum atomic E-state index is -0.774. The molecule has 30 heavy (non-hydrogen) atoms. The molecule has 1 aromatic rings. The number of ether oxygens (including phenoxy) is 2. The van der Waals surface area contributed by atoms with E-state index in [1.807, 2.05) is 0 Å². The number of hydrogen-bond acceptors (Lipinski definition) is 7. The van der Waals surface area contributed by atoms with E-state index in [0.29, 0.717) is 45.4 Å². The van der Waals surface area contributed by atoms with E-state index in [9.17, 15) is 9.59 Å². The maximum Gasteiger partial charge on any atom is 0.336 e. The Morgan fingerprint density at radius 2 is 1.77 bits per heavy atom. The lowest BCUT2D eigenvalue weighted by Crippen LogP contribution is -2.34. The van der Waals surface area contributed by atoms with Gasteiger partial charge in [-0.15, -0.1) is 0 Å². The largest absolute Gasteiger partial charge is 0.463 e. The van der Waals surface area contributed by atoms with E-state index < -0.39 is 17.9 Å². The van der Waals surface area contributed by atoms with Crippen molar-refractivity contribution in [2.75, 3.05) is 31.3 Å². The molecule has 0 fully saturated rings. The van der Waals surface area contributed by atoms with Crippen molar-refractivity contribution >= 4 is 46.9 Å². The Bertz CT molecular complexity index is 871. The second-order valence-electron chi connectivity index (χ2n) is 6.41. The quantitative estimate of drug-likeness (QED) is 0.414. The molecular weight excluding hydrogens is 447 g/mol. The van der Waals surface area contributed by atoms with Crippen LogP contribution in [0.2, 0.25) is 10.0 Å². The van der Waals surface area contributed by atoms with Gasteiger partial charge in [0, 0.05) is 29.4 Å². The number of carbonyl (C=O) groups is 2. The summed E-state index contributed by atoms with van der Waals surface area (Å²) in [6.07, 6.45) is 0. The van der Waals surface area contributed by atoms with Gasteiger partial charge in [0.1, 0.15) is 0 Å². The molecule has 1 aromatic carbocycles. The van der Waals surface area contributed by atoms with Gasteiger partial charge < -0.3 is 20.5 Å². The van der Waals surface area contributed by atoms with Gasteiger partial charge in [-0.05, 0) is 32.4 Å². The highest BCUT2D eigenvalue weighted by molar-refractivity contribution is 7.99. The average molecular weight is 473 g/mol. The van der Waals surface area contributed by atoms with Gasteiger partial charge in [-0.25, -0.2) is 9.59 Å². The molecule has 0 aliphatic carbocycles. The lowest BCUT2D eigenvalue weighted by atomic mass is 9.80. The second kappa shape index (κ2) is 11.6. The minimum Gasteiger partial charge on any atom is -0.463 e. The molecule has 0 aromatic heterocycles. The molecule has 164 valence electrons. The predicted molar refractivity (Wildman–Crippen MR) is 122 cm³/mol. The first-order valence-electron chi connectivity index (χ1n) is 9.64. The number of dihydropyridines is 1. The molecule has 2 rings (SSSR count). The number of thioether (sulfide) groups is 1. The summed E-state index contributed by atoms with van der Waals surface area (Å²) in [4.78, 5) is 25.9. The number of esters is 2. The van der Waals surface area contributed by atoms with E-state index in [2.05, 4.69) is 5.32 Å². The van der Waals surface area contributed by atoms with Gasteiger partial charge in [-0.1, -0.05) is 35.3 Å². The molecule has 1 aliphatic rings. The number of halogens is 2. The van der Waals surface area contributed by atoms with Gasteiger partial charge in [-0.3, -0.25) is 0 Å². The van der Waals surface area contributed by atoms with Crippen LogP contribution < -0.4 is 11.1 Å². The van der Waals surface area contributed by atoms with E-state index >= 15 is 0 Å². The Hall–Kier alpha value is -1.67. The number of nitrogens with one attached hydrogen (secondary N) is 1. The summed E-state index contributed by atoms with van der Waals surface area (Å²) in [6.45, 7) is 6.13. The minimum absolute atomic E-state index is 0.193. The lowest BCUT2D eigenvalue weighted by molar-refractivity contribution is -0.139. The average Bonchev–Trinajstić information content (AvgIpc) is 2.70. The maximum absolute atomic E-state index is 13.0. The smallest absolute Gasteiger partial charge is 0.336 e. The van der Waals surface area contributed by atoms with Crippen molar-refractivity contribution in [3.63, 3.8) is 0 Å². The van der Waals surface area contributed by atoms with E-state index in [1.54, 1.807) is 50.7 Å². The van der Waals surface area contributed by atoms with Crippen LogP contribution in [0.3, 0.4) is 0 Å². The van der Waals surface area contributed by atoms with Crippen molar-refractivity contribution in [1.82, 2.24) is 5.32 Å². The van der Waals surface area contributed by atoms with Crippen LogP contribution in [0.15, 0.2) is 40.7 Å². The van der Waals surface area contributed by atoms with Gasteiger partial charge in [0.2, 0.25) is 0 Å². The van der Waals surface area contributed by atoms with Crippen molar-refractivity contribution < 1.29 is 19.1 Å². The molecule has 0 bridgehead atoms. The number of carbonyl (C=O) groups excluding carboxylic acids is 2. The second-order valence-corrected chi connectivity index (χ2v) is 8.30. The summed E-state index contributed by atoms with van der Waals surface area (Å²) < 4.78 is 10.6. The van der Waals surface area contributed by atoms with Gasteiger partial charge in [-0.2, -0.15) is 11.8 Å². The molecule has 1 atom stereocenters. The van der Waals surface area contributed by atoms with Gasteiger partial charge in [0.25, 0.3) is 0 Å². The Morgan fingerprint density at radius 3 is 2.37 bits per heavy atom. The van der Waals surface area contributed by atoms with Crippen LogP contribution in [0, 0.1) is 0 Å².